The Morgan fingerprint density at radius 2 is 1.69 bits per heavy atom. The van der Waals surface area contributed by atoms with Crippen LogP contribution in [0.4, 0.5) is 0 Å². The summed E-state index contributed by atoms with van der Waals surface area (Å²) in [5, 5.41) is 0. The number of aromatic nitrogens is 1. The highest BCUT2D eigenvalue weighted by Gasteiger charge is 2.14. The first-order chi connectivity index (χ1) is 12.5. The van der Waals surface area contributed by atoms with Crippen LogP contribution in [0.1, 0.15) is 24.8 Å². The molecule has 26 heavy (non-hydrogen) atoms. The molecule has 2 aromatic carbocycles. The average molecular weight is 375 g/mol. The standard InChI is InChI=1S/C19H21NO5S/c1-15-9-11-16(12-10-15)26(21,22)24-14-6-2-5-13-23-19-20-17-7-3-4-8-18(17)25-19/h3-4,7-12H,2,5-6,13-14H2,1H3. The van der Waals surface area contributed by atoms with Gasteiger partial charge in [-0.1, -0.05) is 29.8 Å². The van der Waals surface area contributed by atoms with Crippen molar-refractivity contribution in [3.05, 3.63) is 54.1 Å². The minimum atomic E-state index is -3.68. The van der Waals surface area contributed by atoms with Crippen molar-refractivity contribution < 1.29 is 21.8 Å². The summed E-state index contributed by atoms with van der Waals surface area (Å²) in [5.41, 5.74) is 2.46. The highest BCUT2D eigenvalue weighted by atomic mass is 32.2. The van der Waals surface area contributed by atoms with Crippen LogP contribution >= 0.6 is 0 Å². The van der Waals surface area contributed by atoms with Crippen molar-refractivity contribution in [3.8, 4) is 6.08 Å². The molecular formula is C19H21NO5S. The number of unbranched alkanes of at least 4 members (excludes halogenated alkanes) is 2. The highest BCUT2D eigenvalue weighted by Crippen LogP contribution is 2.20. The molecule has 0 aliphatic heterocycles. The number of hydrogen-bond acceptors (Lipinski definition) is 6. The first-order valence-corrected chi connectivity index (χ1v) is 9.90. The normalized spacial score (nSPS) is 11.7. The van der Waals surface area contributed by atoms with Gasteiger partial charge in [-0.05, 0) is 50.5 Å². The lowest BCUT2D eigenvalue weighted by atomic mass is 10.2. The number of rotatable bonds is 9. The van der Waals surface area contributed by atoms with Gasteiger partial charge in [0.05, 0.1) is 18.1 Å². The Morgan fingerprint density at radius 3 is 2.46 bits per heavy atom. The molecule has 3 rings (SSSR count). The number of oxazole rings is 1. The van der Waals surface area contributed by atoms with E-state index in [9.17, 15) is 8.42 Å². The minimum Gasteiger partial charge on any atom is -0.450 e. The summed E-state index contributed by atoms with van der Waals surface area (Å²) in [5.74, 6) is 0. The topological polar surface area (TPSA) is 78.6 Å². The van der Waals surface area contributed by atoms with Gasteiger partial charge in [-0.15, -0.1) is 0 Å². The molecule has 0 atom stereocenters. The van der Waals surface area contributed by atoms with Crippen molar-refractivity contribution in [2.75, 3.05) is 13.2 Å². The zero-order chi connectivity index (χ0) is 18.4. The van der Waals surface area contributed by atoms with Gasteiger partial charge >= 0.3 is 6.08 Å². The monoisotopic (exact) mass is 375 g/mol. The molecule has 0 radical (unpaired) electrons. The lowest BCUT2D eigenvalue weighted by molar-refractivity contribution is 0.226. The minimum absolute atomic E-state index is 0.152. The second-order valence-electron chi connectivity index (χ2n) is 5.95. The molecule has 138 valence electrons. The van der Waals surface area contributed by atoms with Crippen molar-refractivity contribution in [2.24, 2.45) is 0 Å². The van der Waals surface area contributed by atoms with Gasteiger partial charge in [-0.3, -0.25) is 4.18 Å². The third-order valence-electron chi connectivity index (χ3n) is 3.84. The molecule has 0 N–H and O–H groups in total. The van der Waals surface area contributed by atoms with Gasteiger partial charge in [0.1, 0.15) is 5.52 Å². The van der Waals surface area contributed by atoms with E-state index in [1.165, 1.54) is 0 Å². The van der Waals surface area contributed by atoms with Crippen LogP contribution in [0, 0.1) is 6.92 Å². The van der Waals surface area contributed by atoms with Crippen molar-refractivity contribution >= 4 is 21.2 Å². The van der Waals surface area contributed by atoms with E-state index in [0.717, 1.165) is 23.9 Å². The maximum absolute atomic E-state index is 12.0. The van der Waals surface area contributed by atoms with E-state index >= 15 is 0 Å². The summed E-state index contributed by atoms with van der Waals surface area (Å²) in [7, 11) is -3.68. The van der Waals surface area contributed by atoms with Crippen LogP contribution in [0.2, 0.25) is 0 Å². The van der Waals surface area contributed by atoms with Crippen LogP contribution in [-0.2, 0) is 14.3 Å². The molecule has 0 saturated carbocycles. The lowest BCUT2D eigenvalue weighted by Gasteiger charge is -2.06. The molecule has 0 fully saturated rings. The van der Waals surface area contributed by atoms with Gasteiger partial charge in [0.2, 0.25) is 0 Å². The van der Waals surface area contributed by atoms with E-state index in [-0.39, 0.29) is 17.6 Å². The largest absolute Gasteiger partial charge is 0.450 e. The third kappa shape index (κ3) is 4.83. The quantitative estimate of drug-likeness (QED) is 0.414. The van der Waals surface area contributed by atoms with E-state index in [0.29, 0.717) is 18.6 Å². The van der Waals surface area contributed by atoms with Crippen LogP contribution in [0.15, 0.2) is 57.8 Å². The number of aryl methyl sites for hydroxylation is 1. The molecule has 0 bridgehead atoms. The van der Waals surface area contributed by atoms with Gasteiger partial charge in [0, 0.05) is 0 Å². The fourth-order valence-electron chi connectivity index (χ4n) is 2.39. The Bertz CT molecular complexity index is 914. The van der Waals surface area contributed by atoms with Crippen LogP contribution in [0.25, 0.3) is 11.1 Å². The molecular weight excluding hydrogens is 354 g/mol. The molecule has 0 aliphatic carbocycles. The summed E-state index contributed by atoms with van der Waals surface area (Å²) in [6.07, 6.45) is 2.42. The zero-order valence-electron chi connectivity index (χ0n) is 14.6. The van der Waals surface area contributed by atoms with Gasteiger partial charge < -0.3 is 9.15 Å². The maximum atomic E-state index is 12.0. The summed E-state index contributed by atoms with van der Waals surface area (Å²) < 4.78 is 40.1. The summed E-state index contributed by atoms with van der Waals surface area (Å²) >= 11 is 0. The summed E-state index contributed by atoms with van der Waals surface area (Å²) in [6, 6.07) is 14.1. The van der Waals surface area contributed by atoms with Gasteiger partial charge in [-0.25, -0.2) is 0 Å². The number of benzene rings is 2. The Hall–Kier alpha value is -2.38. The molecule has 6 nitrogen and oxygen atoms in total. The van der Waals surface area contributed by atoms with Crippen LogP contribution in [0.5, 0.6) is 6.08 Å². The fourth-order valence-corrected chi connectivity index (χ4v) is 3.34. The first-order valence-electron chi connectivity index (χ1n) is 8.49. The van der Waals surface area contributed by atoms with E-state index in [1.807, 2.05) is 31.2 Å². The lowest BCUT2D eigenvalue weighted by Crippen LogP contribution is -2.08. The predicted octanol–water partition coefficient (Wildman–Crippen LogP) is 4.09. The van der Waals surface area contributed by atoms with E-state index in [2.05, 4.69) is 4.98 Å². The Morgan fingerprint density at radius 1 is 0.962 bits per heavy atom. The number of ether oxygens (including phenoxy) is 1. The van der Waals surface area contributed by atoms with Crippen molar-refractivity contribution in [2.45, 2.75) is 31.1 Å². The van der Waals surface area contributed by atoms with E-state index in [4.69, 9.17) is 13.3 Å². The second kappa shape index (κ2) is 8.33. The van der Waals surface area contributed by atoms with Crippen molar-refractivity contribution in [3.63, 3.8) is 0 Å². The summed E-state index contributed by atoms with van der Waals surface area (Å²) in [6.45, 7) is 2.51. The third-order valence-corrected chi connectivity index (χ3v) is 5.16. The Balaban J connectivity index is 1.34. The number of hydrogen-bond donors (Lipinski definition) is 0. The molecule has 7 heteroatoms. The van der Waals surface area contributed by atoms with Gasteiger partial charge in [-0.2, -0.15) is 13.4 Å². The molecule has 0 amide bonds. The number of para-hydroxylation sites is 2. The SMILES string of the molecule is Cc1ccc(S(=O)(=O)OCCCCCOc2nc3ccccc3o2)cc1. The predicted molar refractivity (Wildman–Crippen MR) is 97.7 cm³/mol. The van der Waals surface area contributed by atoms with E-state index < -0.39 is 10.1 Å². The average Bonchev–Trinajstić information content (AvgIpc) is 3.04. The number of fused-ring (bicyclic) bond motifs is 1. The van der Waals surface area contributed by atoms with Crippen LogP contribution in [-0.4, -0.2) is 26.6 Å². The van der Waals surface area contributed by atoms with E-state index in [1.54, 1.807) is 24.3 Å². The number of nitrogens with zero attached hydrogens (tertiary/aromatic N) is 1. The second-order valence-corrected chi connectivity index (χ2v) is 7.56. The molecule has 0 spiro atoms. The van der Waals surface area contributed by atoms with Crippen molar-refractivity contribution in [1.29, 1.82) is 0 Å². The first kappa shape index (κ1) is 18.4. The Kier molecular flexibility index (Phi) is 5.90. The summed E-state index contributed by atoms with van der Waals surface area (Å²) in [4.78, 5) is 4.41. The molecule has 1 heterocycles. The highest BCUT2D eigenvalue weighted by molar-refractivity contribution is 7.86. The van der Waals surface area contributed by atoms with Crippen molar-refractivity contribution in [1.82, 2.24) is 4.98 Å². The Labute approximate surface area is 152 Å². The zero-order valence-corrected chi connectivity index (χ0v) is 15.4. The molecule has 0 saturated heterocycles. The van der Waals surface area contributed by atoms with Crippen LogP contribution in [0.3, 0.4) is 0 Å². The smallest absolute Gasteiger partial charge is 0.394 e. The fraction of sp³-hybridized carbons (Fsp3) is 0.316. The maximum Gasteiger partial charge on any atom is 0.394 e. The molecule has 0 unspecified atom stereocenters. The molecule has 1 aromatic heterocycles. The van der Waals surface area contributed by atoms with Gasteiger partial charge in [0.25, 0.3) is 10.1 Å². The molecule has 0 aliphatic rings. The van der Waals surface area contributed by atoms with Crippen LogP contribution < -0.4 is 4.74 Å². The molecule has 3 aromatic rings. The van der Waals surface area contributed by atoms with Gasteiger partial charge in [0.15, 0.2) is 5.58 Å².